The Bertz CT molecular complexity index is 642. The quantitative estimate of drug-likeness (QED) is 0.215. The molecule has 0 aromatic heterocycles. The van der Waals surface area contributed by atoms with Gasteiger partial charge in [0.05, 0.1) is 0 Å². The van der Waals surface area contributed by atoms with Crippen LogP contribution < -0.4 is 0 Å². The predicted octanol–water partition coefficient (Wildman–Crippen LogP) is 8.19. The van der Waals surface area contributed by atoms with Crippen molar-refractivity contribution in [2.24, 2.45) is 5.92 Å². The van der Waals surface area contributed by atoms with Crippen molar-refractivity contribution in [1.29, 1.82) is 5.26 Å². The van der Waals surface area contributed by atoms with Crippen molar-refractivity contribution in [3.63, 3.8) is 0 Å². The molecule has 0 N–H and O–H groups in total. The van der Waals surface area contributed by atoms with Gasteiger partial charge in [0.25, 0.3) is 0 Å². The van der Waals surface area contributed by atoms with Crippen LogP contribution in [0.25, 0.3) is 0 Å². The number of nitrogens with zero attached hydrogens (tertiary/aromatic N) is 1. The highest BCUT2D eigenvalue weighted by Gasteiger charge is 2.21. The van der Waals surface area contributed by atoms with Gasteiger partial charge in [-0.1, -0.05) is 69.0 Å². The van der Waals surface area contributed by atoms with Gasteiger partial charge in [0.1, 0.15) is 6.07 Å². The van der Waals surface area contributed by atoms with Crippen LogP contribution in [0.5, 0.6) is 0 Å². The molecule has 2 heteroatoms. The molecule has 1 aromatic rings. The molecule has 0 saturated heterocycles. The molecule has 0 aliphatic heterocycles. The molecule has 0 atom stereocenters. The Morgan fingerprint density at radius 2 is 1.79 bits per heavy atom. The van der Waals surface area contributed by atoms with E-state index in [1.807, 2.05) is 6.08 Å². The van der Waals surface area contributed by atoms with Gasteiger partial charge in [-0.25, -0.2) is 0 Å². The molecule has 28 heavy (non-hydrogen) atoms. The molecular formula is C26H36FN. The molecular weight excluding hydrogens is 345 g/mol. The van der Waals surface area contributed by atoms with Crippen LogP contribution >= 0.6 is 0 Å². The molecule has 0 radical (unpaired) electrons. The third-order valence-corrected chi connectivity index (χ3v) is 6.09. The van der Waals surface area contributed by atoms with Gasteiger partial charge in [-0.15, -0.1) is 0 Å². The van der Waals surface area contributed by atoms with E-state index in [2.05, 4.69) is 31.2 Å². The topological polar surface area (TPSA) is 23.8 Å². The summed E-state index contributed by atoms with van der Waals surface area (Å²) >= 11 is 0. The van der Waals surface area contributed by atoms with Crippen molar-refractivity contribution in [3.05, 3.63) is 59.4 Å². The zero-order valence-corrected chi connectivity index (χ0v) is 17.5. The number of halogens is 1. The Balaban J connectivity index is 1.66. The second-order valence-corrected chi connectivity index (χ2v) is 8.26. The lowest BCUT2D eigenvalue weighted by atomic mass is 9.77. The van der Waals surface area contributed by atoms with Crippen molar-refractivity contribution in [3.8, 4) is 6.07 Å². The summed E-state index contributed by atoms with van der Waals surface area (Å²) in [5.41, 5.74) is 3.01. The van der Waals surface area contributed by atoms with Gasteiger partial charge in [-0.2, -0.15) is 9.65 Å². The van der Waals surface area contributed by atoms with Crippen LogP contribution in [0.1, 0.15) is 94.6 Å². The lowest BCUT2D eigenvalue weighted by Crippen LogP contribution is -2.13. The maximum absolute atomic E-state index is 12.7. The highest BCUT2D eigenvalue weighted by molar-refractivity contribution is 5.26. The summed E-state index contributed by atoms with van der Waals surface area (Å²) in [4.78, 5) is 0. The summed E-state index contributed by atoms with van der Waals surface area (Å²) in [5.74, 6) is 0.783. The Hall–Kier alpha value is -1.88. The van der Waals surface area contributed by atoms with Crippen LogP contribution in [0.15, 0.2) is 48.3 Å². The SMILES string of the molecule is CCCCCCCc1ccc(C2CCC(CCC=CC=C(F)C#N)CC2)cc1. The first-order chi connectivity index (χ1) is 13.7. The minimum atomic E-state index is -0.723. The van der Waals surface area contributed by atoms with Gasteiger partial charge >= 0.3 is 0 Å². The van der Waals surface area contributed by atoms with E-state index in [-0.39, 0.29) is 0 Å². The highest BCUT2D eigenvalue weighted by Crippen LogP contribution is 2.37. The molecule has 1 aromatic carbocycles. The fourth-order valence-electron chi connectivity index (χ4n) is 4.29. The highest BCUT2D eigenvalue weighted by atomic mass is 19.1. The van der Waals surface area contributed by atoms with Crippen molar-refractivity contribution in [2.45, 2.75) is 89.9 Å². The number of nitriles is 1. The molecule has 0 bridgehead atoms. The zero-order valence-electron chi connectivity index (χ0n) is 17.5. The summed E-state index contributed by atoms with van der Waals surface area (Å²) in [6.07, 6.45) is 20.1. The van der Waals surface area contributed by atoms with E-state index in [9.17, 15) is 4.39 Å². The van der Waals surface area contributed by atoms with Gasteiger partial charge in [0.15, 0.2) is 5.83 Å². The third kappa shape index (κ3) is 8.42. The van der Waals surface area contributed by atoms with E-state index in [0.717, 1.165) is 18.3 Å². The lowest BCUT2D eigenvalue weighted by Gasteiger charge is -2.28. The Kier molecular flexibility index (Phi) is 10.7. The molecule has 1 nitrogen and oxygen atoms in total. The van der Waals surface area contributed by atoms with Crippen molar-refractivity contribution in [1.82, 2.24) is 0 Å². The molecule has 0 spiro atoms. The molecule has 2 rings (SSSR count). The van der Waals surface area contributed by atoms with Crippen LogP contribution in [0, 0.1) is 17.2 Å². The minimum absolute atomic E-state index is 0.720. The van der Waals surface area contributed by atoms with Gasteiger partial charge < -0.3 is 0 Å². The lowest BCUT2D eigenvalue weighted by molar-refractivity contribution is 0.312. The van der Waals surface area contributed by atoms with Gasteiger partial charge in [-0.05, 0) is 80.4 Å². The summed E-state index contributed by atoms with van der Waals surface area (Å²) in [7, 11) is 0. The Morgan fingerprint density at radius 1 is 1.07 bits per heavy atom. The molecule has 152 valence electrons. The normalized spacial score (nSPS) is 20.4. The van der Waals surface area contributed by atoms with E-state index < -0.39 is 5.83 Å². The average molecular weight is 382 g/mol. The van der Waals surface area contributed by atoms with Crippen molar-refractivity contribution >= 4 is 0 Å². The molecule has 0 heterocycles. The van der Waals surface area contributed by atoms with Crippen LogP contribution in [-0.2, 0) is 6.42 Å². The first kappa shape index (κ1) is 22.4. The maximum atomic E-state index is 12.7. The third-order valence-electron chi connectivity index (χ3n) is 6.09. The molecule has 1 aliphatic carbocycles. The van der Waals surface area contributed by atoms with Crippen LogP contribution in [-0.4, -0.2) is 0 Å². The molecule has 0 amide bonds. The summed E-state index contributed by atoms with van der Waals surface area (Å²) in [6, 6.07) is 10.9. The molecule has 1 fully saturated rings. The molecule has 1 saturated carbocycles. The zero-order chi connectivity index (χ0) is 20.0. The van der Waals surface area contributed by atoms with Crippen LogP contribution in [0.3, 0.4) is 0 Å². The number of rotatable bonds is 11. The monoisotopic (exact) mass is 381 g/mol. The predicted molar refractivity (Wildman–Crippen MR) is 117 cm³/mol. The fraction of sp³-hybridized carbons (Fsp3) is 0.577. The van der Waals surface area contributed by atoms with E-state index >= 15 is 0 Å². The summed E-state index contributed by atoms with van der Waals surface area (Å²) in [6.45, 7) is 2.27. The van der Waals surface area contributed by atoms with E-state index in [1.54, 1.807) is 6.08 Å². The van der Waals surface area contributed by atoms with Crippen molar-refractivity contribution in [2.75, 3.05) is 0 Å². The standard InChI is InChI=1S/C26H36FN/c1-2-3-4-5-7-10-22-13-17-24(18-14-22)25-19-15-23(16-20-25)11-8-6-9-12-26(27)21-28/h6,9,12-14,17-18,23,25H,2-5,7-8,10-11,15-16,19-20H2,1H3. The largest absolute Gasteiger partial charge is 0.199 e. The first-order valence-electron chi connectivity index (χ1n) is 11.2. The number of benzene rings is 1. The number of hydrogen-bond acceptors (Lipinski definition) is 1. The Morgan fingerprint density at radius 3 is 2.46 bits per heavy atom. The van der Waals surface area contributed by atoms with Crippen LogP contribution in [0.2, 0.25) is 0 Å². The molecule has 0 unspecified atom stereocenters. The van der Waals surface area contributed by atoms with E-state index in [1.165, 1.54) is 93.9 Å². The minimum Gasteiger partial charge on any atom is -0.195 e. The van der Waals surface area contributed by atoms with Crippen molar-refractivity contribution < 1.29 is 4.39 Å². The van der Waals surface area contributed by atoms with E-state index in [0.29, 0.717) is 0 Å². The van der Waals surface area contributed by atoms with Gasteiger partial charge in [0, 0.05) is 0 Å². The van der Waals surface area contributed by atoms with Crippen LogP contribution in [0.4, 0.5) is 4.39 Å². The Labute approximate surface area is 171 Å². The second-order valence-electron chi connectivity index (χ2n) is 8.26. The first-order valence-corrected chi connectivity index (χ1v) is 11.2. The summed E-state index contributed by atoms with van der Waals surface area (Å²) < 4.78 is 12.7. The van der Waals surface area contributed by atoms with Gasteiger partial charge in [-0.3, -0.25) is 0 Å². The summed E-state index contributed by atoms with van der Waals surface area (Å²) in [5, 5.41) is 8.37. The molecule has 1 aliphatic rings. The van der Waals surface area contributed by atoms with E-state index in [4.69, 9.17) is 5.26 Å². The average Bonchev–Trinajstić information content (AvgIpc) is 2.74. The number of unbranched alkanes of at least 4 members (excludes halogenated alkanes) is 4. The number of hydrogen-bond donors (Lipinski definition) is 0. The second kappa shape index (κ2) is 13.3. The number of allylic oxidation sites excluding steroid dienone is 4. The maximum Gasteiger partial charge on any atom is 0.199 e. The number of aryl methyl sites for hydroxylation is 1. The smallest absolute Gasteiger partial charge is 0.195 e. The fourth-order valence-corrected chi connectivity index (χ4v) is 4.29. The van der Waals surface area contributed by atoms with Gasteiger partial charge in [0.2, 0.25) is 0 Å².